The molecule has 1 heterocycles. The Balaban J connectivity index is 2.44. The maximum atomic E-state index is 11.4. The molecule has 1 N–H and O–H groups in total. The van der Waals surface area contributed by atoms with E-state index in [1.807, 2.05) is 6.07 Å². The van der Waals surface area contributed by atoms with Crippen molar-refractivity contribution in [1.82, 2.24) is 9.97 Å². The van der Waals surface area contributed by atoms with Crippen LogP contribution in [0.15, 0.2) is 35.1 Å². The van der Waals surface area contributed by atoms with E-state index in [9.17, 15) is 4.79 Å². The second-order valence-corrected chi connectivity index (χ2v) is 3.91. The zero-order chi connectivity index (χ0) is 13.1. The first-order valence-corrected chi connectivity index (χ1v) is 5.42. The molecular formula is C13H12N4O. The van der Waals surface area contributed by atoms with Gasteiger partial charge in [-0.05, 0) is 25.1 Å². The monoisotopic (exact) mass is 240 g/mol. The van der Waals surface area contributed by atoms with Crippen LogP contribution >= 0.6 is 0 Å². The maximum Gasteiger partial charge on any atom is 0.252 e. The van der Waals surface area contributed by atoms with Gasteiger partial charge in [-0.15, -0.1) is 0 Å². The highest BCUT2D eigenvalue weighted by atomic mass is 16.1. The highest BCUT2D eigenvalue weighted by Gasteiger charge is 2.07. The number of benzene rings is 1. The maximum absolute atomic E-state index is 11.4. The molecule has 18 heavy (non-hydrogen) atoms. The average Bonchev–Trinajstić information content (AvgIpc) is 2.37. The van der Waals surface area contributed by atoms with Gasteiger partial charge in [0, 0.05) is 18.8 Å². The third-order valence-electron chi connectivity index (χ3n) is 2.55. The van der Waals surface area contributed by atoms with Crippen LogP contribution in [0, 0.1) is 18.3 Å². The number of hydrogen-bond donors (Lipinski definition) is 1. The number of nitrogens with one attached hydrogen (secondary N) is 1. The third-order valence-corrected chi connectivity index (χ3v) is 2.55. The number of aromatic amines is 1. The molecule has 5 heteroatoms. The number of aromatic nitrogens is 2. The van der Waals surface area contributed by atoms with E-state index in [2.05, 4.69) is 16.0 Å². The highest BCUT2D eigenvalue weighted by molar-refractivity contribution is 5.60. The molecule has 0 amide bonds. The van der Waals surface area contributed by atoms with Gasteiger partial charge in [-0.1, -0.05) is 6.07 Å². The molecule has 0 radical (unpaired) electrons. The minimum Gasteiger partial charge on any atom is -0.329 e. The van der Waals surface area contributed by atoms with E-state index in [0.717, 1.165) is 5.69 Å². The number of aryl methyl sites for hydroxylation is 1. The summed E-state index contributed by atoms with van der Waals surface area (Å²) in [6.45, 7) is 1.73. The van der Waals surface area contributed by atoms with E-state index < -0.39 is 0 Å². The number of nitrogens with zero attached hydrogens (tertiary/aromatic N) is 3. The molecule has 1 aromatic heterocycles. The van der Waals surface area contributed by atoms with E-state index in [1.54, 1.807) is 37.1 Å². The highest BCUT2D eigenvalue weighted by Crippen LogP contribution is 2.21. The Morgan fingerprint density at radius 1 is 1.39 bits per heavy atom. The van der Waals surface area contributed by atoms with E-state index in [-0.39, 0.29) is 5.56 Å². The van der Waals surface area contributed by atoms with Crippen molar-refractivity contribution in [2.24, 2.45) is 0 Å². The van der Waals surface area contributed by atoms with E-state index in [0.29, 0.717) is 17.2 Å². The van der Waals surface area contributed by atoms with E-state index in [1.165, 1.54) is 6.07 Å². The molecule has 0 unspecified atom stereocenters. The van der Waals surface area contributed by atoms with Crippen LogP contribution in [-0.2, 0) is 0 Å². The standard InChI is InChI=1S/C13H12N4O/c1-9-15-12(7-13(18)16-9)17(2)11-5-3-4-10(6-11)8-14/h3-7H,1-2H3,(H,15,16,18). The summed E-state index contributed by atoms with van der Waals surface area (Å²) in [7, 11) is 1.80. The molecule has 0 bridgehead atoms. The Kier molecular flexibility index (Phi) is 3.11. The molecule has 0 aliphatic rings. The Bertz CT molecular complexity index is 669. The summed E-state index contributed by atoms with van der Waals surface area (Å²) >= 11 is 0. The van der Waals surface area contributed by atoms with Gasteiger partial charge in [-0.3, -0.25) is 4.79 Å². The van der Waals surface area contributed by atoms with Crippen molar-refractivity contribution in [3.8, 4) is 6.07 Å². The molecule has 0 aliphatic heterocycles. The average molecular weight is 240 g/mol. The SMILES string of the molecule is Cc1nc(N(C)c2cccc(C#N)c2)cc(=O)[nH]1. The topological polar surface area (TPSA) is 72.8 Å². The first-order chi connectivity index (χ1) is 8.60. The summed E-state index contributed by atoms with van der Waals surface area (Å²) in [5, 5.41) is 8.86. The minimum atomic E-state index is -0.194. The molecule has 0 aliphatic carbocycles. The second-order valence-electron chi connectivity index (χ2n) is 3.91. The zero-order valence-electron chi connectivity index (χ0n) is 10.1. The summed E-state index contributed by atoms with van der Waals surface area (Å²) in [5.74, 6) is 1.10. The number of H-pyrrole nitrogens is 1. The van der Waals surface area contributed by atoms with Crippen LogP contribution in [0.2, 0.25) is 0 Å². The van der Waals surface area contributed by atoms with Crippen molar-refractivity contribution in [1.29, 1.82) is 5.26 Å². The van der Waals surface area contributed by atoms with Crippen LogP contribution in [0.25, 0.3) is 0 Å². The summed E-state index contributed by atoms with van der Waals surface area (Å²) < 4.78 is 0. The molecule has 5 nitrogen and oxygen atoms in total. The van der Waals surface area contributed by atoms with Crippen LogP contribution in [0.1, 0.15) is 11.4 Å². The fraction of sp³-hybridized carbons (Fsp3) is 0.154. The summed E-state index contributed by atoms with van der Waals surface area (Å²) in [6, 6.07) is 10.6. The summed E-state index contributed by atoms with van der Waals surface area (Å²) in [4.78, 5) is 20.0. The number of anilines is 2. The van der Waals surface area contributed by atoms with Crippen molar-refractivity contribution in [2.75, 3.05) is 11.9 Å². The number of rotatable bonds is 2. The number of nitriles is 1. The molecular weight excluding hydrogens is 228 g/mol. The Morgan fingerprint density at radius 3 is 2.83 bits per heavy atom. The van der Waals surface area contributed by atoms with Gasteiger partial charge in [0.25, 0.3) is 5.56 Å². The van der Waals surface area contributed by atoms with Gasteiger partial charge >= 0.3 is 0 Å². The normalized spacial score (nSPS) is 9.83. The first kappa shape index (κ1) is 11.9. The predicted octanol–water partition coefficient (Wildman–Crippen LogP) is 1.72. The largest absolute Gasteiger partial charge is 0.329 e. The lowest BCUT2D eigenvalue weighted by atomic mass is 10.2. The van der Waals surface area contributed by atoms with Crippen molar-refractivity contribution >= 4 is 11.5 Å². The molecule has 0 saturated heterocycles. The van der Waals surface area contributed by atoms with Gasteiger partial charge in [0.05, 0.1) is 11.6 Å². The van der Waals surface area contributed by atoms with E-state index in [4.69, 9.17) is 5.26 Å². The van der Waals surface area contributed by atoms with Crippen LogP contribution in [0.4, 0.5) is 11.5 Å². The van der Waals surface area contributed by atoms with Crippen LogP contribution in [0.5, 0.6) is 0 Å². The van der Waals surface area contributed by atoms with Gasteiger partial charge < -0.3 is 9.88 Å². The molecule has 2 rings (SSSR count). The predicted molar refractivity (Wildman–Crippen MR) is 68.8 cm³/mol. The van der Waals surface area contributed by atoms with Gasteiger partial charge in [0.2, 0.25) is 0 Å². The Labute approximate surface area is 104 Å². The second kappa shape index (κ2) is 4.72. The Morgan fingerprint density at radius 2 is 2.17 bits per heavy atom. The van der Waals surface area contributed by atoms with Crippen molar-refractivity contribution in [3.63, 3.8) is 0 Å². The fourth-order valence-corrected chi connectivity index (χ4v) is 1.65. The van der Waals surface area contributed by atoms with Crippen molar-refractivity contribution in [2.45, 2.75) is 6.92 Å². The van der Waals surface area contributed by atoms with Crippen molar-refractivity contribution < 1.29 is 0 Å². The van der Waals surface area contributed by atoms with Crippen LogP contribution in [0.3, 0.4) is 0 Å². The van der Waals surface area contributed by atoms with Gasteiger partial charge in [-0.25, -0.2) is 4.98 Å². The van der Waals surface area contributed by atoms with Crippen LogP contribution in [-0.4, -0.2) is 17.0 Å². The lowest BCUT2D eigenvalue weighted by Crippen LogP contribution is -2.17. The molecule has 90 valence electrons. The molecule has 1 aromatic carbocycles. The molecule has 0 spiro atoms. The molecule has 2 aromatic rings. The fourth-order valence-electron chi connectivity index (χ4n) is 1.65. The van der Waals surface area contributed by atoms with E-state index >= 15 is 0 Å². The van der Waals surface area contributed by atoms with Gasteiger partial charge in [0.1, 0.15) is 11.6 Å². The summed E-state index contributed by atoms with van der Waals surface area (Å²) in [5.41, 5.74) is 1.19. The van der Waals surface area contributed by atoms with Crippen LogP contribution < -0.4 is 10.5 Å². The number of hydrogen-bond acceptors (Lipinski definition) is 4. The molecule has 0 fully saturated rings. The van der Waals surface area contributed by atoms with Gasteiger partial charge in [0.15, 0.2) is 0 Å². The lowest BCUT2D eigenvalue weighted by Gasteiger charge is -2.18. The molecule has 0 atom stereocenters. The first-order valence-electron chi connectivity index (χ1n) is 5.42. The summed E-state index contributed by atoms with van der Waals surface area (Å²) in [6.07, 6.45) is 0. The lowest BCUT2D eigenvalue weighted by molar-refractivity contribution is 0.987. The quantitative estimate of drug-likeness (QED) is 0.867. The molecule has 0 saturated carbocycles. The smallest absolute Gasteiger partial charge is 0.252 e. The van der Waals surface area contributed by atoms with Gasteiger partial charge in [-0.2, -0.15) is 5.26 Å². The Hall–Kier alpha value is -2.61. The minimum absolute atomic E-state index is 0.194. The third kappa shape index (κ3) is 2.38. The van der Waals surface area contributed by atoms with Crippen molar-refractivity contribution in [3.05, 3.63) is 52.1 Å². The zero-order valence-corrected chi connectivity index (χ0v) is 10.1.